The Kier molecular flexibility index (Phi) is 4.88. The first-order valence-corrected chi connectivity index (χ1v) is 5.77. The van der Waals surface area contributed by atoms with Crippen molar-refractivity contribution in [1.82, 2.24) is 5.32 Å². The van der Waals surface area contributed by atoms with E-state index >= 15 is 0 Å². The van der Waals surface area contributed by atoms with E-state index in [1.807, 2.05) is 0 Å². The normalized spacial score (nSPS) is 11.7. The Morgan fingerprint density at radius 2 is 2.05 bits per heavy atom. The number of aryl methyl sites for hydroxylation is 1. The lowest BCUT2D eigenvalue weighted by Crippen LogP contribution is -2.43. The lowest BCUT2D eigenvalue weighted by molar-refractivity contribution is -0.140. The molecule has 0 aromatic heterocycles. The summed E-state index contributed by atoms with van der Waals surface area (Å²) in [5, 5.41) is 11.6. The van der Waals surface area contributed by atoms with Crippen molar-refractivity contribution in [2.75, 3.05) is 0 Å². The third kappa shape index (κ3) is 4.26. The molecule has 0 aliphatic carbocycles. The van der Waals surface area contributed by atoms with E-state index in [4.69, 9.17) is 22.4 Å². The topological polar surface area (TPSA) is 109 Å². The van der Waals surface area contributed by atoms with Crippen LogP contribution in [0.25, 0.3) is 0 Å². The molecule has 0 radical (unpaired) electrons. The minimum Gasteiger partial charge on any atom is -0.480 e. The van der Waals surface area contributed by atoms with Crippen molar-refractivity contribution in [2.45, 2.75) is 19.4 Å². The van der Waals surface area contributed by atoms with Crippen LogP contribution in [0.3, 0.4) is 0 Å². The fourth-order valence-corrected chi connectivity index (χ4v) is 1.75. The Labute approximate surface area is 114 Å². The van der Waals surface area contributed by atoms with Gasteiger partial charge >= 0.3 is 5.97 Å². The van der Waals surface area contributed by atoms with Gasteiger partial charge in [0.1, 0.15) is 6.04 Å². The zero-order chi connectivity index (χ0) is 14.6. The molecule has 0 spiro atoms. The number of nitrogens with two attached hydrogens (primary N) is 1. The van der Waals surface area contributed by atoms with Crippen molar-refractivity contribution in [1.29, 1.82) is 0 Å². The SMILES string of the molecule is Cc1cc(Cl)ccc1C(=O)N[C@@H](CC(N)=O)C(=O)O. The summed E-state index contributed by atoms with van der Waals surface area (Å²) in [5.74, 6) is -2.72. The maximum absolute atomic E-state index is 11.9. The molecule has 0 heterocycles. The standard InChI is InChI=1S/C12H13ClN2O4/c1-6-4-7(13)2-3-8(6)11(17)15-9(12(18)19)5-10(14)16/h2-4,9H,5H2,1H3,(H2,14,16)(H,15,17)(H,18,19)/t9-/m0/s1. The molecule has 1 aromatic rings. The molecule has 1 aromatic carbocycles. The maximum Gasteiger partial charge on any atom is 0.326 e. The van der Waals surface area contributed by atoms with Crippen molar-refractivity contribution < 1.29 is 19.5 Å². The zero-order valence-electron chi connectivity index (χ0n) is 10.1. The van der Waals surface area contributed by atoms with Gasteiger partial charge in [-0.15, -0.1) is 0 Å². The van der Waals surface area contributed by atoms with Crippen molar-refractivity contribution in [2.24, 2.45) is 5.73 Å². The van der Waals surface area contributed by atoms with Crippen molar-refractivity contribution in [3.63, 3.8) is 0 Å². The van der Waals surface area contributed by atoms with Crippen molar-refractivity contribution >= 4 is 29.4 Å². The summed E-state index contributed by atoms with van der Waals surface area (Å²) >= 11 is 5.76. The molecule has 0 saturated carbocycles. The average Bonchev–Trinajstić information content (AvgIpc) is 2.26. The van der Waals surface area contributed by atoms with Crippen LogP contribution < -0.4 is 11.1 Å². The van der Waals surface area contributed by atoms with Crippen molar-refractivity contribution in [3.05, 3.63) is 34.3 Å². The number of carboxylic acid groups (broad SMARTS) is 1. The van der Waals surface area contributed by atoms with E-state index in [0.29, 0.717) is 16.1 Å². The van der Waals surface area contributed by atoms with E-state index in [1.54, 1.807) is 13.0 Å². The van der Waals surface area contributed by atoms with Crippen LogP contribution in [-0.4, -0.2) is 28.9 Å². The molecule has 19 heavy (non-hydrogen) atoms. The number of primary amides is 1. The smallest absolute Gasteiger partial charge is 0.326 e. The van der Waals surface area contributed by atoms with E-state index in [-0.39, 0.29) is 0 Å². The van der Waals surface area contributed by atoms with Crippen molar-refractivity contribution in [3.8, 4) is 0 Å². The molecule has 0 bridgehead atoms. The number of nitrogens with one attached hydrogen (secondary N) is 1. The monoisotopic (exact) mass is 284 g/mol. The van der Waals surface area contributed by atoms with Gasteiger partial charge < -0.3 is 16.2 Å². The van der Waals surface area contributed by atoms with Crippen LogP contribution >= 0.6 is 11.6 Å². The van der Waals surface area contributed by atoms with Gasteiger partial charge in [0.2, 0.25) is 5.91 Å². The van der Waals surface area contributed by atoms with Gasteiger partial charge in [-0.1, -0.05) is 11.6 Å². The number of hydrogen-bond donors (Lipinski definition) is 3. The van der Waals surface area contributed by atoms with Crippen LogP contribution in [-0.2, 0) is 9.59 Å². The molecule has 102 valence electrons. The van der Waals surface area contributed by atoms with Gasteiger partial charge in [-0.05, 0) is 30.7 Å². The first-order chi connectivity index (χ1) is 8.81. The highest BCUT2D eigenvalue weighted by atomic mass is 35.5. The molecule has 0 aliphatic heterocycles. The number of benzene rings is 1. The molecule has 6 nitrogen and oxygen atoms in total. The van der Waals surface area contributed by atoms with E-state index in [9.17, 15) is 14.4 Å². The summed E-state index contributed by atoms with van der Waals surface area (Å²) in [6.45, 7) is 1.67. The van der Waals surface area contributed by atoms with Gasteiger partial charge in [0.15, 0.2) is 0 Å². The van der Waals surface area contributed by atoms with E-state index in [1.165, 1.54) is 12.1 Å². The summed E-state index contributed by atoms with van der Waals surface area (Å²) in [6.07, 6.45) is -0.465. The van der Waals surface area contributed by atoms with E-state index in [2.05, 4.69) is 5.32 Å². The number of carboxylic acids is 1. The Hall–Kier alpha value is -2.08. The molecular formula is C12H13ClN2O4. The number of amides is 2. The third-order valence-corrected chi connectivity index (χ3v) is 2.68. The van der Waals surface area contributed by atoms with Gasteiger partial charge in [0.25, 0.3) is 5.91 Å². The van der Waals surface area contributed by atoms with Crippen LogP contribution in [0.15, 0.2) is 18.2 Å². The summed E-state index contributed by atoms with van der Waals surface area (Å²) < 4.78 is 0. The highest BCUT2D eigenvalue weighted by Crippen LogP contribution is 2.15. The number of rotatable bonds is 5. The van der Waals surface area contributed by atoms with Crippen LogP contribution in [0.2, 0.25) is 5.02 Å². The highest BCUT2D eigenvalue weighted by Gasteiger charge is 2.23. The molecule has 0 fully saturated rings. The fraction of sp³-hybridized carbons (Fsp3) is 0.250. The number of halogens is 1. The van der Waals surface area contributed by atoms with Gasteiger partial charge in [-0.2, -0.15) is 0 Å². The van der Waals surface area contributed by atoms with Crippen LogP contribution in [0.1, 0.15) is 22.3 Å². The average molecular weight is 285 g/mol. The van der Waals surface area contributed by atoms with Gasteiger partial charge in [-0.25, -0.2) is 4.79 Å². The largest absolute Gasteiger partial charge is 0.480 e. The number of carbonyl (C=O) groups is 3. The second-order valence-corrected chi connectivity index (χ2v) is 4.43. The number of hydrogen-bond acceptors (Lipinski definition) is 3. The first-order valence-electron chi connectivity index (χ1n) is 5.39. The Bertz CT molecular complexity index is 530. The Morgan fingerprint density at radius 3 is 2.53 bits per heavy atom. The molecular weight excluding hydrogens is 272 g/mol. The van der Waals surface area contributed by atoms with Gasteiger partial charge in [-0.3, -0.25) is 9.59 Å². The molecule has 2 amide bonds. The van der Waals surface area contributed by atoms with Crippen LogP contribution in [0.5, 0.6) is 0 Å². The van der Waals surface area contributed by atoms with Gasteiger partial charge in [0.05, 0.1) is 6.42 Å². The fourth-order valence-electron chi connectivity index (χ4n) is 1.52. The quantitative estimate of drug-likeness (QED) is 0.739. The first kappa shape index (κ1) is 15.0. The predicted octanol–water partition coefficient (Wildman–Crippen LogP) is 0.707. The number of carbonyl (C=O) groups excluding carboxylic acids is 2. The molecule has 0 unspecified atom stereocenters. The Morgan fingerprint density at radius 1 is 1.42 bits per heavy atom. The summed E-state index contributed by atoms with van der Waals surface area (Å²) in [4.78, 5) is 33.5. The molecule has 1 atom stereocenters. The zero-order valence-corrected chi connectivity index (χ0v) is 10.9. The van der Waals surface area contributed by atoms with E-state index in [0.717, 1.165) is 0 Å². The summed E-state index contributed by atoms with van der Waals surface area (Å²) in [6, 6.07) is 3.24. The summed E-state index contributed by atoms with van der Waals surface area (Å²) in [7, 11) is 0. The minimum absolute atomic E-state index is 0.292. The molecule has 0 aliphatic rings. The molecule has 1 rings (SSSR count). The molecule has 0 saturated heterocycles. The van der Waals surface area contributed by atoms with Gasteiger partial charge in [0, 0.05) is 10.6 Å². The Balaban J connectivity index is 2.87. The highest BCUT2D eigenvalue weighted by molar-refractivity contribution is 6.30. The predicted molar refractivity (Wildman–Crippen MR) is 68.9 cm³/mol. The summed E-state index contributed by atoms with van der Waals surface area (Å²) in [5.41, 5.74) is 5.82. The molecule has 4 N–H and O–H groups in total. The number of aliphatic carboxylic acids is 1. The minimum atomic E-state index is -1.35. The lowest BCUT2D eigenvalue weighted by Gasteiger charge is -2.14. The van der Waals surface area contributed by atoms with Crippen LogP contribution in [0.4, 0.5) is 0 Å². The second kappa shape index (κ2) is 6.19. The van der Waals surface area contributed by atoms with E-state index < -0.39 is 30.2 Å². The lowest BCUT2D eigenvalue weighted by atomic mass is 10.1. The second-order valence-electron chi connectivity index (χ2n) is 3.99. The van der Waals surface area contributed by atoms with Crippen LogP contribution in [0, 0.1) is 6.92 Å². The molecule has 7 heteroatoms. The third-order valence-electron chi connectivity index (χ3n) is 2.44. The maximum atomic E-state index is 11.9.